The third kappa shape index (κ3) is 5.76. The summed E-state index contributed by atoms with van der Waals surface area (Å²) in [5.74, 6) is 0.799. The zero-order chi connectivity index (χ0) is 25.0. The van der Waals surface area contributed by atoms with E-state index in [0.717, 1.165) is 37.2 Å². The van der Waals surface area contributed by atoms with Crippen LogP contribution in [0.3, 0.4) is 0 Å². The first-order chi connectivity index (χ1) is 16.8. The minimum absolute atomic E-state index is 0.00474. The number of ether oxygens (including phenoxy) is 1. The minimum atomic E-state index is -0.471. The van der Waals surface area contributed by atoms with Crippen molar-refractivity contribution in [1.29, 1.82) is 0 Å². The van der Waals surface area contributed by atoms with Gasteiger partial charge >= 0.3 is 0 Å². The highest BCUT2D eigenvalue weighted by Gasteiger charge is 2.37. The van der Waals surface area contributed by atoms with Gasteiger partial charge in [0, 0.05) is 44.7 Å². The number of benzene rings is 2. The molecule has 2 amide bonds. The lowest BCUT2D eigenvalue weighted by Crippen LogP contribution is -2.49. The Morgan fingerprint density at radius 1 is 1.03 bits per heavy atom. The molecule has 0 bridgehead atoms. The SMILES string of the molecule is C=CCN1CCN(C(=O)COc2ccc3c(c2)[C@@H](c2ccccc2)N(C(=O)C(C)(C)C)CC3)CC1. The van der Waals surface area contributed by atoms with Crippen molar-refractivity contribution in [2.24, 2.45) is 5.41 Å². The molecule has 0 saturated carbocycles. The van der Waals surface area contributed by atoms with Crippen molar-refractivity contribution < 1.29 is 14.3 Å². The Labute approximate surface area is 209 Å². The Kier molecular flexibility index (Phi) is 7.60. The summed E-state index contributed by atoms with van der Waals surface area (Å²) in [7, 11) is 0. The van der Waals surface area contributed by atoms with E-state index in [1.54, 1.807) is 0 Å². The molecule has 2 aliphatic heterocycles. The van der Waals surface area contributed by atoms with Crippen LogP contribution in [-0.4, -0.2) is 72.4 Å². The van der Waals surface area contributed by atoms with Crippen molar-refractivity contribution in [2.45, 2.75) is 33.2 Å². The zero-order valence-electron chi connectivity index (χ0n) is 21.2. The summed E-state index contributed by atoms with van der Waals surface area (Å²) in [5.41, 5.74) is 2.90. The Hall–Kier alpha value is -3.12. The number of hydrogen-bond donors (Lipinski definition) is 0. The van der Waals surface area contributed by atoms with Gasteiger partial charge in [-0.2, -0.15) is 0 Å². The number of nitrogens with zero attached hydrogens (tertiary/aromatic N) is 3. The highest BCUT2D eigenvalue weighted by Crippen LogP contribution is 2.39. The van der Waals surface area contributed by atoms with Gasteiger partial charge < -0.3 is 14.5 Å². The second-order valence-electron chi connectivity index (χ2n) is 10.4. The fourth-order valence-electron chi connectivity index (χ4n) is 4.93. The van der Waals surface area contributed by atoms with E-state index >= 15 is 0 Å². The Morgan fingerprint density at radius 3 is 2.40 bits per heavy atom. The second kappa shape index (κ2) is 10.6. The average molecular weight is 476 g/mol. The van der Waals surface area contributed by atoms with E-state index in [2.05, 4.69) is 29.7 Å². The molecular formula is C29H37N3O3. The third-order valence-electron chi connectivity index (χ3n) is 6.84. The number of carbonyl (C=O) groups excluding carboxylic acids is 2. The minimum Gasteiger partial charge on any atom is -0.484 e. The molecule has 6 nitrogen and oxygen atoms in total. The maximum absolute atomic E-state index is 13.4. The third-order valence-corrected chi connectivity index (χ3v) is 6.84. The quantitative estimate of drug-likeness (QED) is 0.595. The summed E-state index contributed by atoms with van der Waals surface area (Å²) in [6, 6.07) is 16.0. The molecule has 0 aliphatic carbocycles. The van der Waals surface area contributed by atoms with Crippen LogP contribution in [0.2, 0.25) is 0 Å². The highest BCUT2D eigenvalue weighted by molar-refractivity contribution is 5.83. The molecular weight excluding hydrogens is 438 g/mol. The largest absolute Gasteiger partial charge is 0.484 e. The van der Waals surface area contributed by atoms with Crippen molar-refractivity contribution >= 4 is 11.8 Å². The number of piperazine rings is 1. The Balaban J connectivity index is 1.52. The molecule has 0 aromatic heterocycles. The van der Waals surface area contributed by atoms with Crippen LogP contribution in [0.15, 0.2) is 61.2 Å². The lowest BCUT2D eigenvalue weighted by atomic mass is 9.85. The maximum Gasteiger partial charge on any atom is 0.260 e. The lowest BCUT2D eigenvalue weighted by Gasteiger charge is -2.41. The molecule has 2 aromatic carbocycles. The fourth-order valence-corrected chi connectivity index (χ4v) is 4.93. The van der Waals surface area contributed by atoms with Crippen LogP contribution in [0, 0.1) is 5.41 Å². The van der Waals surface area contributed by atoms with Crippen LogP contribution in [0.25, 0.3) is 0 Å². The van der Waals surface area contributed by atoms with Crippen molar-refractivity contribution in [3.05, 3.63) is 77.9 Å². The van der Waals surface area contributed by atoms with Crippen molar-refractivity contribution in [3.63, 3.8) is 0 Å². The van der Waals surface area contributed by atoms with E-state index in [-0.39, 0.29) is 24.5 Å². The van der Waals surface area contributed by atoms with E-state index in [1.165, 1.54) is 5.56 Å². The van der Waals surface area contributed by atoms with E-state index in [4.69, 9.17) is 4.74 Å². The van der Waals surface area contributed by atoms with Gasteiger partial charge in [-0.3, -0.25) is 14.5 Å². The van der Waals surface area contributed by atoms with Gasteiger partial charge in [0.05, 0.1) is 6.04 Å². The first kappa shape index (κ1) is 25.0. The summed E-state index contributed by atoms with van der Waals surface area (Å²) in [6.07, 6.45) is 2.70. The molecule has 186 valence electrons. The van der Waals surface area contributed by atoms with Crippen LogP contribution in [0.4, 0.5) is 0 Å². The average Bonchev–Trinajstić information content (AvgIpc) is 2.86. The fraction of sp³-hybridized carbons (Fsp3) is 0.448. The summed E-state index contributed by atoms with van der Waals surface area (Å²) >= 11 is 0. The Morgan fingerprint density at radius 2 is 1.74 bits per heavy atom. The Bertz CT molecular complexity index is 1050. The summed E-state index contributed by atoms with van der Waals surface area (Å²) < 4.78 is 5.98. The molecule has 6 heteroatoms. The number of fused-ring (bicyclic) bond motifs is 1. The summed E-state index contributed by atoms with van der Waals surface area (Å²) in [4.78, 5) is 32.3. The van der Waals surface area contributed by atoms with Crippen LogP contribution < -0.4 is 4.74 Å². The molecule has 1 atom stereocenters. The molecule has 2 aliphatic rings. The van der Waals surface area contributed by atoms with Crippen molar-refractivity contribution in [1.82, 2.24) is 14.7 Å². The van der Waals surface area contributed by atoms with Gasteiger partial charge in [0.15, 0.2) is 6.61 Å². The number of rotatable bonds is 6. The monoisotopic (exact) mass is 475 g/mol. The molecule has 0 radical (unpaired) electrons. The summed E-state index contributed by atoms with van der Waals surface area (Å²) in [5, 5.41) is 0. The molecule has 0 spiro atoms. The van der Waals surface area contributed by atoms with Gasteiger partial charge in [-0.1, -0.05) is 63.2 Å². The number of amides is 2. The van der Waals surface area contributed by atoms with Gasteiger partial charge in [-0.05, 0) is 35.2 Å². The van der Waals surface area contributed by atoms with Crippen LogP contribution in [-0.2, 0) is 16.0 Å². The number of hydrogen-bond acceptors (Lipinski definition) is 4. The maximum atomic E-state index is 13.4. The van der Waals surface area contributed by atoms with Gasteiger partial charge in [0.25, 0.3) is 5.91 Å². The molecule has 35 heavy (non-hydrogen) atoms. The smallest absolute Gasteiger partial charge is 0.260 e. The molecule has 0 N–H and O–H groups in total. The van der Waals surface area contributed by atoms with Crippen molar-refractivity contribution in [2.75, 3.05) is 45.9 Å². The van der Waals surface area contributed by atoms with Crippen molar-refractivity contribution in [3.8, 4) is 5.75 Å². The van der Waals surface area contributed by atoms with Gasteiger partial charge in [0.1, 0.15) is 5.75 Å². The highest BCUT2D eigenvalue weighted by atomic mass is 16.5. The lowest BCUT2D eigenvalue weighted by molar-refractivity contribution is -0.141. The normalized spacial score (nSPS) is 18.7. The number of carbonyl (C=O) groups is 2. The molecule has 2 aromatic rings. The molecule has 4 rings (SSSR count). The van der Waals surface area contributed by atoms with E-state index < -0.39 is 5.41 Å². The van der Waals surface area contributed by atoms with Gasteiger partial charge in [0.2, 0.25) is 5.91 Å². The van der Waals surface area contributed by atoms with Crippen LogP contribution in [0.1, 0.15) is 43.5 Å². The first-order valence-electron chi connectivity index (χ1n) is 12.5. The van der Waals surface area contributed by atoms with E-state index in [1.807, 2.05) is 67.0 Å². The van der Waals surface area contributed by atoms with E-state index in [0.29, 0.717) is 25.4 Å². The molecule has 0 unspecified atom stereocenters. The van der Waals surface area contributed by atoms with Crippen LogP contribution in [0.5, 0.6) is 5.75 Å². The van der Waals surface area contributed by atoms with Crippen LogP contribution >= 0.6 is 0 Å². The first-order valence-corrected chi connectivity index (χ1v) is 12.5. The predicted molar refractivity (Wildman–Crippen MR) is 138 cm³/mol. The second-order valence-corrected chi connectivity index (χ2v) is 10.4. The topological polar surface area (TPSA) is 53.1 Å². The molecule has 2 heterocycles. The van der Waals surface area contributed by atoms with Gasteiger partial charge in [-0.15, -0.1) is 6.58 Å². The van der Waals surface area contributed by atoms with E-state index in [9.17, 15) is 9.59 Å². The van der Waals surface area contributed by atoms with Gasteiger partial charge in [-0.25, -0.2) is 0 Å². The molecule has 1 saturated heterocycles. The molecule has 1 fully saturated rings. The summed E-state index contributed by atoms with van der Waals surface area (Å²) in [6.45, 7) is 14.4. The predicted octanol–water partition coefficient (Wildman–Crippen LogP) is 3.92. The standard InChI is InChI=1S/C29H37N3O3/c1-5-14-30-16-18-31(19-17-30)26(33)21-35-24-12-11-22-13-15-32(28(34)29(2,3)4)27(25(22)20-24)23-9-7-6-8-10-23/h5-12,20,27H,1,13-19,21H2,2-4H3/t27-/m1/s1. The zero-order valence-corrected chi connectivity index (χ0v) is 21.2.